The van der Waals surface area contributed by atoms with E-state index in [1.807, 2.05) is 0 Å². The summed E-state index contributed by atoms with van der Waals surface area (Å²) in [5.74, 6) is -0.737. The molecule has 2 aromatic heterocycles. The minimum Gasteiger partial charge on any atom is -0.466 e. The maximum absolute atomic E-state index is 13.5. The number of hydrogen-bond acceptors (Lipinski definition) is 6. The maximum atomic E-state index is 13.5. The lowest BCUT2D eigenvalue weighted by Gasteiger charge is -2.16. The number of rotatable bonds is 7. The van der Waals surface area contributed by atoms with Gasteiger partial charge in [-0.25, -0.2) is 14.3 Å². The van der Waals surface area contributed by atoms with Crippen LogP contribution in [-0.4, -0.2) is 39.1 Å². The molecule has 8 nitrogen and oxygen atoms in total. The van der Waals surface area contributed by atoms with Crippen molar-refractivity contribution in [3.63, 3.8) is 0 Å². The van der Waals surface area contributed by atoms with Gasteiger partial charge in [0.25, 0.3) is 0 Å². The summed E-state index contributed by atoms with van der Waals surface area (Å²) >= 11 is 12.3. The van der Waals surface area contributed by atoms with E-state index in [1.54, 1.807) is 48.5 Å². The number of fused-ring (bicyclic) bond motifs is 1. The molecule has 0 saturated heterocycles. The first-order chi connectivity index (χ1) is 19.5. The zero-order valence-corrected chi connectivity index (χ0v) is 22.7. The van der Waals surface area contributed by atoms with Gasteiger partial charge in [-0.05, 0) is 53.1 Å². The summed E-state index contributed by atoms with van der Waals surface area (Å²) in [5, 5.41) is 9.83. The van der Waals surface area contributed by atoms with Gasteiger partial charge in [-0.3, -0.25) is 0 Å². The highest BCUT2D eigenvalue weighted by molar-refractivity contribution is 6.31. The van der Waals surface area contributed by atoms with Crippen molar-refractivity contribution in [2.75, 3.05) is 13.7 Å². The Morgan fingerprint density at radius 3 is 1.95 bits per heavy atom. The van der Waals surface area contributed by atoms with Gasteiger partial charge in [0.2, 0.25) is 5.88 Å². The van der Waals surface area contributed by atoms with Gasteiger partial charge >= 0.3 is 17.8 Å². The zero-order chi connectivity index (χ0) is 29.3. The van der Waals surface area contributed by atoms with Crippen LogP contribution in [0.1, 0.15) is 11.1 Å². The summed E-state index contributed by atoms with van der Waals surface area (Å²) in [6.45, 7) is -0.626. The van der Waals surface area contributed by atoms with Crippen molar-refractivity contribution < 1.29 is 27.4 Å². The summed E-state index contributed by atoms with van der Waals surface area (Å²) in [6, 6.07) is 17.9. The molecule has 0 saturated carbocycles. The topological polar surface area (TPSA) is 87.7 Å². The molecule has 0 atom stereocenters. The van der Waals surface area contributed by atoms with Crippen LogP contribution in [0.5, 0.6) is 5.88 Å². The Balaban J connectivity index is 1.74. The number of esters is 1. The number of carbonyl (C=O) groups is 1. The van der Waals surface area contributed by atoms with Crippen molar-refractivity contribution in [2.24, 2.45) is 0 Å². The predicted octanol–water partition coefficient (Wildman–Crippen LogP) is 6.15. The van der Waals surface area contributed by atoms with E-state index in [1.165, 1.54) is 19.2 Å². The molecule has 0 aliphatic rings. The van der Waals surface area contributed by atoms with E-state index in [0.717, 1.165) is 21.3 Å². The van der Waals surface area contributed by atoms with Gasteiger partial charge in [0.1, 0.15) is 0 Å². The Bertz CT molecular complexity index is 1780. The number of halogens is 5. The van der Waals surface area contributed by atoms with Crippen molar-refractivity contribution in [1.29, 1.82) is 0 Å². The van der Waals surface area contributed by atoms with Crippen LogP contribution in [0, 0.1) is 0 Å². The summed E-state index contributed by atoms with van der Waals surface area (Å²) in [4.78, 5) is 25.4. The molecular formula is C28H19Cl2F3N4O4. The van der Waals surface area contributed by atoms with Crippen LogP contribution in [0.4, 0.5) is 13.2 Å². The van der Waals surface area contributed by atoms with Gasteiger partial charge in [-0.1, -0.05) is 59.6 Å². The molecule has 3 aromatic carbocycles. The quantitative estimate of drug-likeness (QED) is 0.208. The van der Waals surface area contributed by atoms with Gasteiger partial charge in [0.05, 0.1) is 24.8 Å². The van der Waals surface area contributed by atoms with E-state index in [4.69, 9.17) is 32.7 Å². The van der Waals surface area contributed by atoms with E-state index in [9.17, 15) is 22.8 Å². The van der Waals surface area contributed by atoms with Crippen LogP contribution in [0.15, 0.2) is 77.6 Å². The smallest absolute Gasteiger partial charge is 0.416 e. The molecule has 0 fully saturated rings. The van der Waals surface area contributed by atoms with Crippen molar-refractivity contribution in [3.8, 4) is 28.1 Å². The second-order valence-corrected chi connectivity index (χ2v) is 9.68. The van der Waals surface area contributed by atoms with Crippen LogP contribution in [-0.2, 0) is 22.3 Å². The van der Waals surface area contributed by atoms with Gasteiger partial charge in [0.15, 0.2) is 12.3 Å². The third-order valence-corrected chi connectivity index (χ3v) is 6.63. The van der Waals surface area contributed by atoms with E-state index in [-0.39, 0.29) is 18.1 Å². The number of carbonyl (C=O) groups excluding carboxylic acids is 1. The van der Waals surface area contributed by atoms with E-state index >= 15 is 0 Å². The number of nitrogens with zero attached hydrogens (tertiary/aromatic N) is 4. The molecule has 41 heavy (non-hydrogen) atoms. The van der Waals surface area contributed by atoms with E-state index < -0.39 is 30.0 Å². The Morgan fingerprint density at radius 1 is 0.854 bits per heavy atom. The molecule has 5 aromatic rings. The largest absolute Gasteiger partial charge is 0.466 e. The second kappa shape index (κ2) is 11.3. The molecule has 0 amide bonds. The van der Waals surface area contributed by atoms with E-state index in [0.29, 0.717) is 37.9 Å². The van der Waals surface area contributed by atoms with Crippen molar-refractivity contribution in [1.82, 2.24) is 19.4 Å². The monoisotopic (exact) mass is 602 g/mol. The Labute approximate surface area is 240 Å². The predicted molar refractivity (Wildman–Crippen MR) is 146 cm³/mol. The second-order valence-electron chi connectivity index (χ2n) is 8.80. The number of benzene rings is 3. The molecule has 0 radical (unpaired) electrons. The van der Waals surface area contributed by atoms with Gasteiger partial charge < -0.3 is 9.47 Å². The van der Waals surface area contributed by atoms with Gasteiger partial charge in [-0.2, -0.15) is 17.7 Å². The van der Waals surface area contributed by atoms with Gasteiger partial charge in [0, 0.05) is 15.6 Å². The molecular weight excluding hydrogens is 584 g/mol. The fraction of sp³-hybridized carbons (Fsp3) is 0.143. The summed E-state index contributed by atoms with van der Waals surface area (Å²) < 4.78 is 51.6. The van der Waals surface area contributed by atoms with Crippen LogP contribution >= 0.6 is 23.2 Å². The Hall–Kier alpha value is -4.35. The highest BCUT2D eigenvalue weighted by Gasteiger charge is 2.30. The standard InChI is InChI=1S/C28H19Cl2F3N4O4/c1-40-22(38)15-41-26-24(18-6-12-21(30)13-7-18)23(17-4-10-20(29)11-5-17)25-34-36(27(39)37(25)35-26)14-16-2-8-19(9-3-16)28(31,32)33/h2-13H,14-15H2,1H3. The lowest BCUT2D eigenvalue weighted by Crippen LogP contribution is -2.24. The molecule has 210 valence electrons. The normalized spacial score (nSPS) is 11.6. The van der Waals surface area contributed by atoms with E-state index in [2.05, 4.69) is 10.2 Å². The average Bonchev–Trinajstić information content (AvgIpc) is 3.26. The van der Waals surface area contributed by atoms with Crippen LogP contribution in [0.3, 0.4) is 0 Å². The molecule has 0 aliphatic carbocycles. The van der Waals surface area contributed by atoms with Crippen molar-refractivity contribution in [3.05, 3.63) is 104 Å². The van der Waals surface area contributed by atoms with Crippen molar-refractivity contribution in [2.45, 2.75) is 12.7 Å². The molecule has 5 rings (SSSR count). The molecule has 0 bridgehead atoms. The summed E-state index contributed by atoms with van der Waals surface area (Å²) in [6.07, 6.45) is -4.49. The Morgan fingerprint density at radius 2 is 1.41 bits per heavy atom. The summed E-state index contributed by atoms with van der Waals surface area (Å²) in [7, 11) is 1.21. The maximum Gasteiger partial charge on any atom is 0.416 e. The number of methoxy groups -OCH3 is 1. The third kappa shape index (κ3) is 5.91. The SMILES string of the molecule is COC(=O)COc1nn2c(=O)n(Cc3ccc(C(F)(F)F)cc3)nc2c(-c2ccc(Cl)cc2)c1-c1ccc(Cl)cc1. The summed E-state index contributed by atoms with van der Waals surface area (Å²) in [5.41, 5.74) is 1.10. The van der Waals surface area contributed by atoms with Crippen LogP contribution in [0.2, 0.25) is 10.0 Å². The minimum atomic E-state index is -4.49. The highest BCUT2D eigenvalue weighted by atomic mass is 35.5. The highest BCUT2D eigenvalue weighted by Crippen LogP contribution is 2.40. The number of aromatic nitrogens is 4. The zero-order valence-electron chi connectivity index (χ0n) is 21.2. The molecule has 0 aliphatic heterocycles. The Kier molecular flexibility index (Phi) is 7.74. The number of ether oxygens (including phenoxy) is 2. The van der Waals surface area contributed by atoms with Crippen LogP contribution in [0.25, 0.3) is 27.9 Å². The minimum absolute atomic E-state index is 0.0636. The molecule has 0 spiro atoms. The molecule has 2 heterocycles. The number of alkyl halides is 3. The first-order valence-electron chi connectivity index (χ1n) is 12.0. The van der Waals surface area contributed by atoms with Crippen molar-refractivity contribution >= 4 is 34.8 Å². The molecule has 0 unspecified atom stereocenters. The first kappa shape index (κ1) is 28.2. The fourth-order valence-corrected chi connectivity index (χ4v) is 4.39. The van der Waals surface area contributed by atoms with Gasteiger partial charge in [-0.15, -0.1) is 10.2 Å². The third-order valence-electron chi connectivity index (χ3n) is 6.13. The van der Waals surface area contributed by atoms with Crippen LogP contribution < -0.4 is 10.4 Å². The molecule has 0 N–H and O–H groups in total. The first-order valence-corrected chi connectivity index (χ1v) is 12.7. The fourth-order valence-electron chi connectivity index (χ4n) is 4.14. The molecule has 13 heteroatoms. The average molecular weight is 603 g/mol. The lowest BCUT2D eigenvalue weighted by atomic mass is 9.96. The lowest BCUT2D eigenvalue weighted by molar-refractivity contribution is -0.143. The number of hydrogen-bond donors (Lipinski definition) is 0.